The molecular weight excluding hydrogens is 220 g/mol. The van der Waals surface area contributed by atoms with Crippen molar-refractivity contribution in [3.8, 4) is 0 Å². The highest BCUT2D eigenvalue weighted by atomic mass is 35.5. The molecule has 2 aromatic heterocycles. The van der Waals surface area contributed by atoms with E-state index in [-0.39, 0.29) is 23.5 Å². The molecular formula is C9H7ClN2O3. The summed E-state index contributed by atoms with van der Waals surface area (Å²) >= 11 is 5.47. The van der Waals surface area contributed by atoms with Crippen molar-refractivity contribution in [1.29, 1.82) is 0 Å². The van der Waals surface area contributed by atoms with Crippen molar-refractivity contribution in [3.05, 3.63) is 39.2 Å². The Morgan fingerprint density at radius 1 is 1.47 bits per heavy atom. The topological polar surface area (TPSA) is 65.1 Å². The molecule has 2 aromatic rings. The maximum Gasteiger partial charge on any atom is 0.422 e. The van der Waals surface area contributed by atoms with E-state index in [1.54, 1.807) is 6.07 Å². The van der Waals surface area contributed by atoms with E-state index in [4.69, 9.17) is 16.0 Å². The molecule has 0 atom stereocenters. The van der Waals surface area contributed by atoms with Crippen molar-refractivity contribution in [2.45, 2.75) is 6.54 Å². The van der Waals surface area contributed by atoms with Gasteiger partial charge in [-0.05, 0) is 12.1 Å². The van der Waals surface area contributed by atoms with E-state index >= 15 is 0 Å². The lowest BCUT2D eigenvalue weighted by atomic mass is 10.4. The molecule has 0 aliphatic heterocycles. The minimum atomic E-state index is -0.707. The second kappa shape index (κ2) is 3.86. The van der Waals surface area contributed by atoms with E-state index in [2.05, 4.69) is 4.98 Å². The summed E-state index contributed by atoms with van der Waals surface area (Å²) < 4.78 is 5.85. The van der Waals surface area contributed by atoms with Crippen LogP contribution in [0.3, 0.4) is 0 Å². The lowest BCUT2D eigenvalue weighted by Crippen LogP contribution is -2.33. The van der Waals surface area contributed by atoms with Crippen LogP contribution in [0.5, 0.6) is 0 Å². The van der Waals surface area contributed by atoms with Gasteiger partial charge in [-0.25, -0.2) is 14.3 Å². The molecule has 0 saturated heterocycles. The van der Waals surface area contributed by atoms with Crippen LogP contribution < -0.4 is 11.3 Å². The largest absolute Gasteiger partial charge is 0.422 e. The van der Waals surface area contributed by atoms with Gasteiger partial charge in [-0.3, -0.25) is 4.79 Å². The molecule has 0 bridgehead atoms. The van der Waals surface area contributed by atoms with E-state index in [0.29, 0.717) is 0 Å². The number of halogens is 1. The minimum absolute atomic E-state index is 0.120. The predicted molar refractivity (Wildman–Crippen MR) is 55.3 cm³/mol. The Labute approximate surface area is 88.9 Å². The Kier molecular flexibility index (Phi) is 2.55. The van der Waals surface area contributed by atoms with Crippen molar-refractivity contribution in [2.24, 2.45) is 0 Å². The fourth-order valence-electron chi connectivity index (χ4n) is 1.27. The van der Waals surface area contributed by atoms with Crippen LogP contribution in [-0.2, 0) is 6.54 Å². The Morgan fingerprint density at radius 2 is 2.27 bits per heavy atom. The van der Waals surface area contributed by atoms with Gasteiger partial charge in [-0.2, -0.15) is 0 Å². The first-order chi connectivity index (χ1) is 7.24. The molecule has 0 saturated carbocycles. The van der Waals surface area contributed by atoms with E-state index < -0.39 is 11.3 Å². The molecule has 0 aromatic carbocycles. The Morgan fingerprint density at radius 3 is 3.00 bits per heavy atom. The zero-order chi connectivity index (χ0) is 10.8. The van der Waals surface area contributed by atoms with Crippen LogP contribution in [0.4, 0.5) is 0 Å². The molecule has 0 aliphatic carbocycles. The van der Waals surface area contributed by atoms with Crippen LogP contribution >= 0.6 is 11.6 Å². The third kappa shape index (κ3) is 1.66. The summed E-state index contributed by atoms with van der Waals surface area (Å²) in [6.45, 7) is 0.120. The molecule has 0 spiro atoms. The molecule has 6 heteroatoms. The summed E-state index contributed by atoms with van der Waals surface area (Å²) in [5.74, 6) is -0.538. The first kappa shape index (κ1) is 9.92. The van der Waals surface area contributed by atoms with E-state index in [0.717, 1.165) is 4.57 Å². The lowest BCUT2D eigenvalue weighted by Gasteiger charge is -2.01. The number of hydrogen-bond donors (Lipinski definition) is 0. The summed E-state index contributed by atoms with van der Waals surface area (Å²) in [6, 6.07) is 3.12. The van der Waals surface area contributed by atoms with Crippen molar-refractivity contribution >= 4 is 22.7 Å². The quantitative estimate of drug-likeness (QED) is 0.703. The molecule has 78 valence electrons. The molecule has 2 heterocycles. The van der Waals surface area contributed by atoms with Crippen LogP contribution in [0.2, 0.25) is 0 Å². The molecule has 0 radical (unpaired) electrons. The average Bonchev–Trinajstić information content (AvgIpc) is 2.24. The minimum Gasteiger partial charge on any atom is -0.407 e. The summed E-state index contributed by atoms with van der Waals surface area (Å²) in [5, 5.41) is 0. The maximum absolute atomic E-state index is 11.7. The van der Waals surface area contributed by atoms with Gasteiger partial charge in [0.2, 0.25) is 0 Å². The Bertz CT molecular complexity index is 602. The van der Waals surface area contributed by atoms with E-state index in [1.807, 2.05) is 0 Å². The normalized spacial score (nSPS) is 10.7. The van der Waals surface area contributed by atoms with Gasteiger partial charge in [-0.15, -0.1) is 11.6 Å². The summed E-state index contributed by atoms with van der Waals surface area (Å²) in [5.41, 5.74) is -0.136. The molecule has 15 heavy (non-hydrogen) atoms. The van der Waals surface area contributed by atoms with Crippen LogP contribution in [0.25, 0.3) is 11.1 Å². The molecule has 0 fully saturated rings. The van der Waals surface area contributed by atoms with Crippen molar-refractivity contribution in [1.82, 2.24) is 9.55 Å². The highest BCUT2D eigenvalue weighted by Crippen LogP contribution is 2.01. The number of alkyl halides is 1. The van der Waals surface area contributed by atoms with Gasteiger partial charge >= 0.3 is 5.76 Å². The Hall–Kier alpha value is -1.62. The smallest absolute Gasteiger partial charge is 0.407 e. The van der Waals surface area contributed by atoms with Crippen LogP contribution in [0, 0.1) is 0 Å². The fraction of sp³-hybridized carbons (Fsp3) is 0.222. The molecule has 0 amide bonds. The lowest BCUT2D eigenvalue weighted by molar-refractivity contribution is 0.464. The standard InChI is InChI=1S/C9H7ClN2O3/c10-3-5-12-8(13)7-6(15-9(12)14)2-1-4-11-7/h1-2,4H,3,5H2. The van der Waals surface area contributed by atoms with Crippen LogP contribution in [0.15, 0.2) is 32.3 Å². The summed E-state index contributed by atoms with van der Waals surface area (Å²) in [4.78, 5) is 26.9. The summed E-state index contributed by atoms with van der Waals surface area (Å²) in [6.07, 6.45) is 1.47. The molecule has 0 unspecified atom stereocenters. The van der Waals surface area contributed by atoms with Gasteiger partial charge in [0, 0.05) is 18.6 Å². The van der Waals surface area contributed by atoms with E-state index in [9.17, 15) is 9.59 Å². The molecule has 5 nitrogen and oxygen atoms in total. The second-order valence-electron chi connectivity index (χ2n) is 2.86. The number of aromatic nitrogens is 2. The summed E-state index contributed by atoms with van der Waals surface area (Å²) in [7, 11) is 0. The number of nitrogens with zero attached hydrogens (tertiary/aromatic N) is 2. The van der Waals surface area contributed by atoms with Crippen LogP contribution in [-0.4, -0.2) is 15.4 Å². The number of fused-ring (bicyclic) bond motifs is 1. The fourth-order valence-corrected chi connectivity index (χ4v) is 1.44. The first-order valence-electron chi connectivity index (χ1n) is 4.28. The van der Waals surface area contributed by atoms with Crippen molar-refractivity contribution < 1.29 is 4.42 Å². The zero-order valence-electron chi connectivity index (χ0n) is 7.64. The Balaban J connectivity index is 2.85. The molecule has 0 N–H and O–H groups in total. The third-order valence-electron chi connectivity index (χ3n) is 1.94. The van der Waals surface area contributed by atoms with Crippen molar-refractivity contribution in [3.63, 3.8) is 0 Å². The first-order valence-corrected chi connectivity index (χ1v) is 4.82. The predicted octanol–water partition coefficient (Wildman–Crippen LogP) is 0.588. The molecule has 0 aliphatic rings. The van der Waals surface area contributed by atoms with Crippen molar-refractivity contribution in [2.75, 3.05) is 5.88 Å². The van der Waals surface area contributed by atoms with E-state index in [1.165, 1.54) is 12.3 Å². The molecule has 2 rings (SSSR count). The van der Waals surface area contributed by atoms with Gasteiger partial charge in [-0.1, -0.05) is 0 Å². The number of hydrogen-bond acceptors (Lipinski definition) is 4. The average molecular weight is 227 g/mol. The maximum atomic E-state index is 11.7. The van der Waals surface area contributed by atoms with Gasteiger partial charge in [0.05, 0.1) is 0 Å². The van der Waals surface area contributed by atoms with Gasteiger partial charge in [0.1, 0.15) is 0 Å². The number of pyridine rings is 1. The second-order valence-corrected chi connectivity index (χ2v) is 3.24. The monoisotopic (exact) mass is 226 g/mol. The highest BCUT2D eigenvalue weighted by molar-refractivity contribution is 6.17. The van der Waals surface area contributed by atoms with Gasteiger partial charge in [0.25, 0.3) is 5.56 Å². The van der Waals surface area contributed by atoms with Crippen LogP contribution in [0.1, 0.15) is 0 Å². The zero-order valence-corrected chi connectivity index (χ0v) is 8.40. The van der Waals surface area contributed by atoms with Gasteiger partial charge < -0.3 is 4.42 Å². The van der Waals surface area contributed by atoms with Gasteiger partial charge in [0.15, 0.2) is 11.1 Å². The number of rotatable bonds is 2. The highest BCUT2D eigenvalue weighted by Gasteiger charge is 2.08. The SMILES string of the molecule is O=c1oc2cccnc2c(=O)n1CCCl. The third-order valence-corrected chi connectivity index (χ3v) is 2.11.